The lowest BCUT2D eigenvalue weighted by Crippen LogP contribution is -2.32. The van der Waals surface area contributed by atoms with Crippen molar-refractivity contribution in [1.82, 2.24) is 0 Å². The van der Waals surface area contributed by atoms with Crippen molar-refractivity contribution >= 4 is 46.7 Å². The van der Waals surface area contributed by atoms with Crippen LogP contribution in [0.25, 0.3) is 0 Å². The molecule has 0 radical (unpaired) electrons. The van der Waals surface area contributed by atoms with E-state index in [4.69, 9.17) is 16.3 Å². The van der Waals surface area contributed by atoms with Gasteiger partial charge in [0.1, 0.15) is 5.75 Å². The number of halogens is 1. The first-order valence-corrected chi connectivity index (χ1v) is 12.0. The number of ether oxygens (including phenoxy) is 1. The molecule has 2 aromatic carbocycles. The van der Waals surface area contributed by atoms with Gasteiger partial charge in [0.25, 0.3) is 0 Å². The lowest BCUT2D eigenvalue weighted by Gasteiger charge is -2.19. The van der Waals surface area contributed by atoms with Crippen LogP contribution >= 0.6 is 11.6 Å². The van der Waals surface area contributed by atoms with Gasteiger partial charge in [0.15, 0.2) is 0 Å². The molecule has 4 fully saturated rings. The predicted molar refractivity (Wildman–Crippen MR) is 124 cm³/mol. The predicted octanol–water partition coefficient (Wildman–Crippen LogP) is 3.83. The van der Waals surface area contributed by atoms with Crippen LogP contribution in [0.1, 0.15) is 25.7 Å². The number of carbonyl (C=O) groups is 4. The smallest absolute Gasteiger partial charge is 0.316 e. The Hall–Kier alpha value is -3.19. The molecule has 0 spiro atoms. The Balaban J connectivity index is 1.16. The number of anilines is 2. The van der Waals surface area contributed by atoms with Gasteiger partial charge in [-0.25, -0.2) is 4.90 Å². The summed E-state index contributed by atoms with van der Waals surface area (Å²) in [6, 6.07) is 13.4. The summed E-state index contributed by atoms with van der Waals surface area (Å²) in [6.45, 7) is 0.216. The van der Waals surface area contributed by atoms with E-state index in [0.29, 0.717) is 28.2 Å². The summed E-state index contributed by atoms with van der Waals surface area (Å²) in [5.74, 6) is -1.11. The minimum absolute atomic E-state index is 0.0520. The molecule has 5 atom stereocenters. The highest BCUT2D eigenvalue weighted by molar-refractivity contribution is 6.30. The summed E-state index contributed by atoms with van der Waals surface area (Å²) < 4.78 is 5.58. The summed E-state index contributed by atoms with van der Waals surface area (Å²) in [7, 11) is 0. The highest BCUT2D eigenvalue weighted by atomic mass is 35.5. The van der Waals surface area contributed by atoms with E-state index in [1.807, 2.05) is 0 Å². The van der Waals surface area contributed by atoms with Gasteiger partial charge in [-0.15, -0.1) is 0 Å². The zero-order valence-corrected chi connectivity index (χ0v) is 19.1. The largest absolute Gasteiger partial charge is 0.426 e. The van der Waals surface area contributed by atoms with Crippen LogP contribution < -0.4 is 14.5 Å². The van der Waals surface area contributed by atoms with Crippen LogP contribution in [0, 0.1) is 29.6 Å². The molecule has 2 bridgehead atoms. The minimum atomic E-state index is -0.614. The standard InChI is InChI=1S/C26H23ClN2O5/c27-17-6-8-18(9-7-17)28-13-16(11-21(28)30)26(33)34-20-3-1-2-19(12-20)29-24(31)22-14-4-5-15(10-14)23(22)25(29)32/h1-3,6-9,12,14-16,22-23H,4-5,10-11,13H2/t14-,15-,16+,22+,23+/m0/s1. The molecule has 2 saturated heterocycles. The zero-order chi connectivity index (χ0) is 23.6. The van der Waals surface area contributed by atoms with Crippen LogP contribution in [-0.2, 0) is 19.2 Å². The number of nitrogens with zero attached hydrogens (tertiary/aromatic N) is 2. The number of imide groups is 1. The van der Waals surface area contributed by atoms with Crippen molar-refractivity contribution in [2.24, 2.45) is 29.6 Å². The number of esters is 1. The third kappa shape index (κ3) is 3.33. The van der Waals surface area contributed by atoms with Gasteiger partial charge in [-0.2, -0.15) is 0 Å². The lowest BCUT2D eigenvalue weighted by molar-refractivity contribution is -0.139. The molecular formula is C26H23ClN2O5. The molecule has 3 amide bonds. The monoisotopic (exact) mass is 478 g/mol. The molecule has 2 aliphatic carbocycles. The molecule has 4 aliphatic rings. The van der Waals surface area contributed by atoms with Gasteiger partial charge in [-0.1, -0.05) is 17.7 Å². The molecule has 2 saturated carbocycles. The van der Waals surface area contributed by atoms with E-state index < -0.39 is 11.9 Å². The van der Waals surface area contributed by atoms with Gasteiger partial charge < -0.3 is 9.64 Å². The second-order valence-corrected chi connectivity index (χ2v) is 10.1. The summed E-state index contributed by atoms with van der Waals surface area (Å²) >= 11 is 5.92. The summed E-state index contributed by atoms with van der Waals surface area (Å²) in [5.41, 5.74) is 1.11. The van der Waals surface area contributed by atoms with Crippen molar-refractivity contribution in [2.75, 3.05) is 16.3 Å². The zero-order valence-electron chi connectivity index (χ0n) is 18.4. The molecule has 0 aromatic heterocycles. The van der Waals surface area contributed by atoms with Crippen molar-refractivity contribution < 1.29 is 23.9 Å². The first kappa shape index (κ1) is 21.4. The number of amides is 3. The van der Waals surface area contributed by atoms with Crippen LogP contribution in [0.5, 0.6) is 5.75 Å². The molecule has 7 nitrogen and oxygen atoms in total. The minimum Gasteiger partial charge on any atom is -0.426 e. The number of fused-ring (bicyclic) bond motifs is 5. The van der Waals surface area contributed by atoms with Gasteiger partial charge in [0.2, 0.25) is 17.7 Å². The fourth-order valence-corrected chi connectivity index (χ4v) is 6.41. The number of rotatable bonds is 4. The van der Waals surface area contributed by atoms with E-state index in [9.17, 15) is 19.2 Å². The maximum atomic E-state index is 13.1. The Labute approximate surface area is 201 Å². The third-order valence-electron chi connectivity index (χ3n) is 7.82. The summed E-state index contributed by atoms with van der Waals surface area (Å²) in [6.07, 6.45) is 3.06. The first-order valence-electron chi connectivity index (χ1n) is 11.7. The van der Waals surface area contributed by atoms with E-state index in [-0.39, 0.29) is 48.3 Å². The fraction of sp³-hybridized carbons (Fsp3) is 0.385. The Morgan fingerprint density at radius 1 is 0.912 bits per heavy atom. The number of carbonyl (C=O) groups excluding carboxylic acids is 4. The average molecular weight is 479 g/mol. The maximum absolute atomic E-state index is 13.1. The Kier molecular flexibility index (Phi) is 4.99. The van der Waals surface area contributed by atoms with Crippen molar-refractivity contribution in [3.05, 3.63) is 53.6 Å². The van der Waals surface area contributed by atoms with Gasteiger partial charge in [-0.3, -0.25) is 19.2 Å². The molecule has 6 rings (SSSR count). The molecule has 2 aliphatic heterocycles. The van der Waals surface area contributed by atoms with Crippen LogP contribution in [-0.4, -0.2) is 30.2 Å². The van der Waals surface area contributed by atoms with Gasteiger partial charge in [0, 0.05) is 29.7 Å². The number of benzene rings is 2. The van der Waals surface area contributed by atoms with Crippen LogP contribution in [0.2, 0.25) is 5.02 Å². The van der Waals surface area contributed by atoms with Crippen LogP contribution in [0.4, 0.5) is 11.4 Å². The second kappa shape index (κ2) is 7.94. The number of hydrogen-bond donors (Lipinski definition) is 0. The maximum Gasteiger partial charge on any atom is 0.316 e. The molecule has 2 heterocycles. The van der Waals surface area contributed by atoms with E-state index in [0.717, 1.165) is 19.3 Å². The topological polar surface area (TPSA) is 84.0 Å². The molecule has 8 heteroatoms. The molecule has 2 aromatic rings. The highest BCUT2D eigenvalue weighted by Gasteiger charge is 2.61. The third-order valence-corrected chi connectivity index (χ3v) is 8.07. The van der Waals surface area contributed by atoms with Crippen LogP contribution in [0.3, 0.4) is 0 Å². The Morgan fingerprint density at radius 3 is 2.26 bits per heavy atom. The Bertz CT molecular complexity index is 1180. The molecule has 34 heavy (non-hydrogen) atoms. The number of hydrogen-bond acceptors (Lipinski definition) is 5. The molecule has 174 valence electrons. The van der Waals surface area contributed by atoms with Crippen molar-refractivity contribution in [2.45, 2.75) is 25.7 Å². The van der Waals surface area contributed by atoms with Crippen molar-refractivity contribution in [3.63, 3.8) is 0 Å². The van der Waals surface area contributed by atoms with E-state index >= 15 is 0 Å². The van der Waals surface area contributed by atoms with Crippen LogP contribution in [0.15, 0.2) is 48.5 Å². The summed E-state index contributed by atoms with van der Waals surface area (Å²) in [4.78, 5) is 54.4. The Morgan fingerprint density at radius 2 is 1.59 bits per heavy atom. The van der Waals surface area contributed by atoms with E-state index in [1.54, 1.807) is 53.4 Å². The van der Waals surface area contributed by atoms with Gasteiger partial charge >= 0.3 is 5.97 Å². The lowest BCUT2D eigenvalue weighted by atomic mass is 9.81. The fourth-order valence-electron chi connectivity index (χ4n) is 6.28. The average Bonchev–Trinajstić information content (AvgIpc) is 3.58. The van der Waals surface area contributed by atoms with Crippen molar-refractivity contribution in [1.29, 1.82) is 0 Å². The second-order valence-electron chi connectivity index (χ2n) is 9.70. The first-order chi connectivity index (χ1) is 16.4. The van der Waals surface area contributed by atoms with Gasteiger partial charge in [0.05, 0.1) is 23.4 Å². The molecule has 0 unspecified atom stereocenters. The van der Waals surface area contributed by atoms with Gasteiger partial charge in [-0.05, 0) is 67.5 Å². The summed E-state index contributed by atoms with van der Waals surface area (Å²) in [5, 5.41) is 0.567. The molecular weight excluding hydrogens is 456 g/mol. The molecule has 0 N–H and O–H groups in total. The highest BCUT2D eigenvalue weighted by Crippen LogP contribution is 2.56. The van der Waals surface area contributed by atoms with E-state index in [1.165, 1.54) is 4.90 Å². The normalized spacial score (nSPS) is 29.8. The van der Waals surface area contributed by atoms with Crippen molar-refractivity contribution in [3.8, 4) is 5.75 Å². The SMILES string of the molecule is O=C(Oc1cccc(N2C(=O)[C@@H]3[C@H]4CC[C@@H](C4)[C@H]3C2=O)c1)[C@@H]1CC(=O)N(c2ccc(Cl)cc2)C1. The quantitative estimate of drug-likeness (QED) is 0.379. The van der Waals surface area contributed by atoms with E-state index in [2.05, 4.69) is 0 Å².